The lowest BCUT2D eigenvalue weighted by Crippen LogP contribution is -2.33. The summed E-state index contributed by atoms with van der Waals surface area (Å²) in [5.41, 5.74) is 8.52. The first-order valence-corrected chi connectivity index (χ1v) is 6.38. The zero-order chi connectivity index (χ0) is 13.1. The van der Waals surface area contributed by atoms with Crippen LogP contribution in [0.15, 0.2) is 18.2 Å². The summed E-state index contributed by atoms with van der Waals surface area (Å²) in [5.74, 6) is 0.614. The molecule has 0 heterocycles. The fraction of sp³-hybridized carbons (Fsp3) is 0.500. The van der Waals surface area contributed by atoms with Crippen molar-refractivity contribution < 1.29 is 9.53 Å². The number of aryl methyl sites for hydroxylation is 1. The van der Waals surface area contributed by atoms with Gasteiger partial charge in [0, 0.05) is 13.1 Å². The topological polar surface area (TPSA) is 64.3 Å². The molecule has 0 fully saturated rings. The minimum atomic E-state index is -0.481. The van der Waals surface area contributed by atoms with E-state index in [-0.39, 0.29) is 11.9 Å². The standard InChI is InChI=1S/C14H20N2O2/c1-9(14(17)16-2)18-11-6-7-12-10(8-11)4-3-5-13(12)15/h6-9,13H,3-5,15H2,1-2H3,(H,16,17). The third-order valence-corrected chi connectivity index (χ3v) is 3.40. The first-order valence-electron chi connectivity index (χ1n) is 6.38. The molecule has 1 aromatic carbocycles. The van der Waals surface area contributed by atoms with Crippen molar-refractivity contribution in [3.63, 3.8) is 0 Å². The van der Waals surface area contributed by atoms with Gasteiger partial charge in [0.25, 0.3) is 5.91 Å². The molecule has 1 amide bonds. The van der Waals surface area contributed by atoms with Crippen molar-refractivity contribution in [1.82, 2.24) is 5.32 Å². The molecule has 2 rings (SSSR count). The smallest absolute Gasteiger partial charge is 0.260 e. The molecule has 0 aliphatic heterocycles. The molecular formula is C14H20N2O2. The molecule has 4 heteroatoms. The Balaban J connectivity index is 2.14. The van der Waals surface area contributed by atoms with Gasteiger partial charge in [-0.05, 0) is 49.4 Å². The molecule has 0 saturated heterocycles. The second kappa shape index (κ2) is 5.40. The number of hydrogen-bond acceptors (Lipinski definition) is 3. The van der Waals surface area contributed by atoms with E-state index in [4.69, 9.17) is 10.5 Å². The van der Waals surface area contributed by atoms with Gasteiger partial charge in [0.2, 0.25) is 0 Å². The van der Waals surface area contributed by atoms with Crippen molar-refractivity contribution in [3.8, 4) is 5.75 Å². The summed E-state index contributed by atoms with van der Waals surface area (Å²) in [6, 6.07) is 6.06. The molecule has 0 spiro atoms. The van der Waals surface area contributed by atoms with Gasteiger partial charge in [-0.3, -0.25) is 4.79 Å². The number of ether oxygens (including phenoxy) is 1. The van der Waals surface area contributed by atoms with Crippen LogP contribution < -0.4 is 15.8 Å². The van der Waals surface area contributed by atoms with E-state index in [1.165, 1.54) is 11.1 Å². The Kier molecular flexibility index (Phi) is 3.87. The average Bonchev–Trinajstić information content (AvgIpc) is 2.38. The molecule has 0 aromatic heterocycles. The third kappa shape index (κ3) is 2.64. The molecule has 2 atom stereocenters. The Morgan fingerprint density at radius 1 is 1.56 bits per heavy atom. The molecule has 4 nitrogen and oxygen atoms in total. The highest BCUT2D eigenvalue weighted by Crippen LogP contribution is 2.30. The molecule has 0 saturated carbocycles. The van der Waals surface area contributed by atoms with Crippen LogP contribution in [0.4, 0.5) is 0 Å². The van der Waals surface area contributed by atoms with E-state index in [9.17, 15) is 4.79 Å². The van der Waals surface area contributed by atoms with E-state index in [2.05, 4.69) is 5.32 Å². The lowest BCUT2D eigenvalue weighted by atomic mass is 9.88. The Morgan fingerprint density at radius 2 is 2.33 bits per heavy atom. The third-order valence-electron chi connectivity index (χ3n) is 3.40. The van der Waals surface area contributed by atoms with E-state index in [1.807, 2.05) is 18.2 Å². The normalized spacial score (nSPS) is 19.8. The number of rotatable bonds is 3. The number of nitrogens with two attached hydrogens (primary N) is 1. The molecule has 98 valence electrons. The maximum absolute atomic E-state index is 11.4. The first-order chi connectivity index (χ1) is 8.61. The van der Waals surface area contributed by atoms with Crippen molar-refractivity contribution >= 4 is 5.91 Å². The lowest BCUT2D eigenvalue weighted by Gasteiger charge is -2.23. The largest absolute Gasteiger partial charge is 0.481 e. The number of carbonyl (C=O) groups is 1. The molecule has 1 aromatic rings. The van der Waals surface area contributed by atoms with E-state index < -0.39 is 6.10 Å². The summed E-state index contributed by atoms with van der Waals surface area (Å²) < 4.78 is 5.62. The zero-order valence-electron chi connectivity index (χ0n) is 10.9. The molecule has 2 unspecified atom stereocenters. The number of likely N-dealkylation sites (N-methyl/N-ethyl adjacent to an activating group) is 1. The van der Waals surface area contributed by atoms with Crippen LogP contribution in [0.3, 0.4) is 0 Å². The Bertz CT molecular complexity index is 445. The molecule has 0 radical (unpaired) electrons. The maximum Gasteiger partial charge on any atom is 0.260 e. The van der Waals surface area contributed by atoms with Crippen LogP contribution in [0.25, 0.3) is 0 Å². The molecule has 1 aliphatic rings. The van der Waals surface area contributed by atoms with E-state index >= 15 is 0 Å². The van der Waals surface area contributed by atoms with Gasteiger partial charge < -0.3 is 15.8 Å². The number of fused-ring (bicyclic) bond motifs is 1. The fourth-order valence-corrected chi connectivity index (χ4v) is 2.36. The van der Waals surface area contributed by atoms with Crippen LogP contribution in [-0.2, 0) is 11.2 Å². The summed E-state index contributed by atoms with van der Waals surface area (Å²) in [5, 5.41) is 2.57. The van der Waals surface area contributed by atoms with Gasteiger partial charge in [-0.1, -0.05) is 6.07 Å². The molecule has 0 bridgehead atoms. The van der Waals surface area contributed by atoms with Gasteiger partial charge in [-0.15, -0.1) is 0 Å². The minimum Gasteiger partial charge on any atom is -0.481 e. The SMILES string of the molecule is CNC(=O)C(C)Oc1ccc2c(c1)CCCC2N. The second-order valence-corrected chi connectivity index (χ2v) is 4.73. The monoisotopic (exact) mass is 248 g/mol. The van der Waals surface area contributed by atoms with Gasteiger partial charge in [0.05, 0.1) is 0 Å². The van der Waals surface area contributed by atoms with Crippen LogP contribution in [-0.4, -0.2) is 19.1 Å². The summed E-state index contributed by atoms with van der Waals surface area (Å²) >= 11 is 0. The predicted octanol–water partition coefficient (Wildman–Crippen LogP) is 1.54. The Morgan fingerprint density at radius 3 is 3.06 bits per heavy atom. The van der Waals surface area contributed by atoms with E-state index in [0.29, 0.717) is 0 Å². The highest BCUT2D eigenvalue weighted by Gasteiger charge is 2.18. The zero-order valence-corrected chi connectivity index (χ0v) is 10.9. The number of amides is 1. The quantitative estimate of drug-likeness (QED) is 0.852. The summed E-state index contributed by atoms with van der Waals surface area (Å²) in [4.78, 5) is 11.4. The second-order valence-electron chi connectivity index (χ2n) is 4.73. The van der Waals surface area contributed by atoms with Crippen molar-refractivity contribution in [1.29, 1.82) is 0 Å². The van der Waals surface area contributed by atoms with E-state index in [1.54, 1.807) is 14.0 Å². The predicted molar refractivity (Wildman–Crippen MR) is 70.5 cm³/mol. The van der Waals surface area contributed by atoms with Crippen molar-refractivity contribution in [3.05, 3.63) is 29.3 Å². The van der Waals surface area contributed by atoms with Gasteiger partial charge in [-0.25, -0.2) is 0 Å². The minimum absolute atomic E-state index is 0.121. The molecule has 18 heavy (non-hydrogen) atoms. The summed E-state index contributed by atoms with van der Waals surface area (Å²) in [6.07, 6.45) is 2.71. The Labute approximate surface area is 108 Å². The van der Waals surface area contributed by atoms with Gasteiger partial charge in [-0.2, -0.15) is 0 Å². The molecule has 3 N–H and O–H groups in total. The molecule has 1 aliphatic carbocycles. The fourth-order valence-electron chi connectivity index (χ4n) is 2.36. The highest BCUT2D eigenvalue weighted by molar-refractivity contribution is 5.80. The lowest BCUT2D eigenvalue weighted by molar-refractivity contribution is -0.126. The van der Waals surface area contributed by atoms with Crippen molar-refractivity contribution in [2.45, 2.75) is 38.3 Å². The van der Waals surface area contributed by atoms with Gasteiger partial charge >= 0.3 is 0 Å². The summed E-state index contributed by atoms with van der Waals surface area (Å²) in [7, 11) is 1.61. The number of nitrogens with one attached hydrogen (secondary N) is 1. The van der Waals surface area contributed by atoms with Crippen molar-refractivity contribution in [2.24, 2.45) is 5.73 Å². The van der Waals surface area contributed by atoms with Crippen molar-refractivity contribution in [2.75, 3.05) is 7.05 Å². The van der Waals surface area contributed by atoms with Gasteiger partial charge in [0.15, 0.2) is 6.10 Å². The number of hydrogen-bond donors (Lipinski definition) is 2. The van der Waals surface area contributed by atoms with E-state index in [0.717, 1.165) is 25.0 Å². The van der Waals surface area contributed by atoms with Gasteiger partial charge in [0.1, 0.15) is 5.75 Å². The Hall–Kier alpha value is -1.55. The number of carbonyl (C=O) groups excluding carboxylic acids is 1. The van der Waals surface area contributed by atoms with Crippen LogP contribution in [0.1, 0.15) is 36.9 Å². The van der Waals surface area contributed by atoms with Crippen LogP contribution >= 0.6 is 0 Å². The van der Waals surface area contributed by atoms with Crippen LogP contribution in [0.2, 0.25) is 0 Å². The first kappa shape index (κ1) is 12.9. The number of benzene rings is 1. The van der Waals surface area contributed by atoms with Crippen LogP contribution in [0.5, 0.6) is 5.75 Å². The highest BCUT2D eigenvalue weighted by atomic mass is 16.5. The maximum atomic E-state index is 11.4. The van der Waals surface area contributed by atoms with Crippen LogP contribution in [0, 0.1) is 0 Å². The summed E-state index contributed by atoms with van der Waals surface area (Å²) in [6.45, 7) is 1.74. The average molecular weight is 248 g/mol. The molecular weight excluding hydrogens is 228 g/mol.